The van der Waals surface area contributed by atoms with Crippen LogP contribution in [0, 0.1) is 5.92 Å². The van der Waals surface area contributed by atoms with Crippen molar-refractivity contribution in [1.29, 1.82) is 0 Å². The SMILES string of the molecule is CC1CCCCC1NC(=O)Nc1ccc(C(=O)O)cc1. The quantitative estimate of drug-likeness (QED) is 0.793. The average molecular weight is 276 g/mol. The minimum absolute atomic E-state index is 0.205. The maximum Gasteiger partial charge on any atom is 0.335 e. The fourth-order valence-corrected chi connectivity index (χ4v) is 2.56. The number of urea groups is 1. The van der Waals surface area contributed by atoms with Gasteiger partial charge in [0.2, 0.25) is 0 Å². The molecule has 0 spiro atoms. The number of carbonyl (C=O) groups excluding carboxylic acids is 1. The summed E-state index contributed by atoms with van der Waals surface area (Å²) >= 11 is 0. The van der Waals surface area contributed by atoms with Gasteiger partial charge in [0.1, 0.15) is 0 Å². The van der Waals surface area contributed by atoms with Crippen molar-refractivity contribution in [3.8, 4) is 0 Å². The summed E-state index contributed by atoms with van der Waals surface area (Å²) in [6.45, 7) is 2.16. The maximum atomic E-state index is 11.9. The molecule has 2 rings (SSSR count). The van der Waals surface area contributed by atoms with E-state index < -0.39 is 5.97 Å². The van der Waals surface area contributed by atoms with Gasteiger partial charge in [0.15, 0.2) is 0 Å². The Labute approximate surface area is 118 Å². The molecule has 0 heterocycles. The highest BCUT2D eigenvalue weighted by Crippen LogP contribution is 2.23. The minimum atomic E-state index is -0.975. The molecule has 1 aromatic carbocycles. The van der Waals surface area contributed by atoms with Gasteiger partial charge in [-0.05, 0) is 43.0 Å². The van der Waals surface area contributed by atoms with Crippen molar-refractivity contribution < 1.29 is 14.7 Å². The Kier molecular flexibility index (Phi) is 4.61. The van der Waals surface area contributed by atoms with E-state index in [9.17, 15) is 9.59 Å². The van der Waals surface area contributed by atoms with Crippen LogP contribution in [-0.2, 0) is 0 Å². The number of hydrogen-bond donors (Lipinski definition) is 3. The fraction of sp³-hybridized carbons (Fsp3) is 0.467. The number of amides is 2. The Morgan fingerprint density at radius 2 is 1.80 bits per heavy atom. The van der Waals surface area contributed by atoms with Crippen LogP contribution in [0.3, 0.4) is 0 Å². The van der Waals surface area contributed by atoms with Crippen molar-refractivity contribution in [2.75, 3.05) is 5.32 Å². The summed E-state index contributed by atoms with van der Waals surface area (Å²) in [5.41, 5.74) is 0.799. The summed E-state index contributed by atoms with van der Waals surface area (Å²) in [7, 11) is 0. The van der Waals surface area contributed by atoms with E-state index in [4.69, 9.17) is 5.11 Å². The summed E-state index contributed by atoms with van der Waals surface area (Å²) < 4.78 is 0. The monoisotopic (exact) mass is 276 g/mol. The van der Waals surface area contributed by atoms with Crippen LogP contribution in [0.15, 0.2) is 24.3 Å². The van der Waals surface area contributed by atoms with Gasteiger partial charge >= 0.3 is 12.0 Å². The highest BCUT2D eigenvalue weighted by molar-refractivity contribution is 5.91. The van der Waals surface area contributed by atoms with E-state index in [1.807, 2.05) is 0 Å². The minimum Gasteiger partial charge on any atom is -0.478 e. The number of nitrogens with one attached hydrogen (secondary N) is 2. The van der Waals surface area contributed by atoms with Crippen molar-refractivity contribution >= 4 is 17.7 Å². The third-order valence-electron chi connectivity index (χ3n) is 3.82. The van der Waals surface area contributed by atoms with Crippen LogP contribution >= 0.6 is 0 Å². The van der Waals surface area contributed by atoms with Gasteiger partial charge < -0.3 is 15.7 Å². The molecule has 2 atom stereocenters. The number of carbonyl (C=O) groups is 2. The lowest BCUT2D eigenvalue weighted by Gasteiger charge is -2.29. The first-order valence-electron chi connectivity index (χ1n) is 6.97. The van der Waals surface area contributed by atoms with Crippen molar-refractivity contribution in [1.82, 2.24) is 5.32 Å². The van der Waals surface area contributed by atoms with Crippen LogP contribution in [-0.4, -0.2) is 23.1 Å². The zero-order valence-corrected chi connectivity index (χ0v) is 11.6. The Morgan fingerprint density at radius 1 is 1.15 bits per heavy atom. The van der Waals surface area contributed by atoms with Gasteiger partial charge in [-0.25, -0.2) is 9.59 Å². The lowest BCUT2D eigenvalue weighted by atomic mass is 9.86. The van der Waals surface area contributed by atoms with Crippen LogP contribution < -0.4 is 10.6 Å². The third-order valence-corrected chi connectivity index (χ3v) is 3.82. The second kappa shape index (κ2) is 6.41. The van der Waals surface area contributed by atoms with Crippen LogP contribution in [0.1, 0.15) is 43.0 Å². The van der Waals surface area contributed by atoms with E-state index in [0.717, 1.165) is 19.3 Å². The summed E-state index contributed by atoms with van der Waals surface area (Å²) in [4.78, 5) is 22.6. The molecule has 2 amide bonds. The van der Waals surface area contributed by atoms with Crippen LogP contribution in [0.25, 0.3) is 0 Å². The molecule has 0 bridgehead atoms. The van der Waals surface area contributed by atoms with Crippen LogP contribution in [0.2, 0.25) is 0 Å². The van der Waals surface area contributed by atoms with E-state index in [-0.39, 0.29) is 17.6 Å². The molecule has 0 radical (unpaired) electrons. The number of aromatic carboxylic acids is 1. The molecular weight excluding hydrogens is 256 g/mol. The first kappa shape index (κ1) is 14.4. The van der Waals surface area contributed by atoms with Gasteiger partial charge in [-0.15, -0.1) is 0 Å². The summed E-state index contributed by atoms with van der Waals surface area (Å²) in [6, 6.07) is 6.12. The van der Waals surface area contributed by atoms with Gasteiger partial charge in [0, 0.05) is 11.7 Å². The Hall–Kier alpha value is -2.04. The molecule has 20 heavy (non-hydrogen) atoms. The zero-order chi connectivity index (χ0) is 14.5. The first-order valence-corrected chi connectivity index (χ1v) is 6.97. The predicted molar refractivity (Wildman–Crippen MR) is 77.0 cm³/mol. The number of anilines is 1. The predicted octanol–water partition coefficient (Wildman–Crippen LogP) is 3.09. The van der Waals surface area contributed by atoms with Crippen molar-refractivity contribution in [2.45, 2.75) is 38.6 Å². The molecule has 5 nitrogen and oxygen atoms in total. The van der Waals surface area contributed by atoms with Crippen molar-refractivity contribution in [3.63, 3.8) is 0 Å². The first-order chi connectivity index (χ1) is 9.56. The van der Waals surface area contributed by atoms with E-state index in [0.29, 0.717) is 11.6 Å². The molecule has 0 saturated heterocycles. The highest BCUT2D eigenvalue weighted by Gasteiger charge is 2.22. The van der Waals surface area contributed by atoms with Crippen molar-refractivity contribution in [3.05, 3.63) is 29.8 Å². The molecule has 3 N–H and O–H groups in total. The lowest BCUT2D eigenvalue weighted by molar-refractivity contribution is 0.0697. The molecule has 1 aliphatic rings. The summed E-state index contributed by atoms with van der Waals surface area (Å²) in [5.74, 6) is -0.471. The number of carboxylic acid groups (broad SMARTS) is 1. The van der Waals surface area contributed by atoms with Crippen LogP contribution in [0.4, 0.5) is 10.5 Å². The maximum absolute atomic E-state index is 11.9. The summed E-state index contributed by atoms with van der Waals surface area (Å²) in [5, 5.41) is 14.5. The Morgan fingerprint density at radius 3 is 2.40 bits per heavy atom. The smallest absolute Gasteiger partial charge is 0.335 e. The summed E-state index contributed by atoms with van der Waals surface area (Å²) in [6.07, 6.45) is 4.56. The van der Waals surface area contributed by atoms with E-state index in [1.165, 1.54) is 18.6 Å². The molecule has 108 valence electrons. The molecule has 0 aliphatic heterocycles. The van der Waals surface area contributed by atoms with Gasteiger partial charge in [0.25, 0.3) is 0 Å². The topological polar surface area (TPSA) is 78.4 Å². The standard InChI is InChI=1S/C15H20N2O3/c1-10-4-2-3-5-13(10)17-15(20)16-12-8-6-11(7-9-12)14(18)19/h6-10,13H,2-5H2,1H3,(H,18,19)(H2,16,17,20). The number of rotatable bonds is 3. The van der Waals surface area contributed by atoms with Crippen molar-refractivity contribution in [2.24, 2.45) is 5.92 Å². The molecule has 5 heteroatoms. The molecular formula is C15H20N2O3. The second-order valence-electron chi connectivity index (χ2n) is 5.35. The molecule has 1 saturated carbocycles. The van der Waals surface area contributed by atoms with E-state index in [2.05, 4.69) is 17.6 Å². The zero-order valence-electron chi connectivity index (χ0n) is 11.6. The fourth-order valence-electron chi connectivity index (χ4n) is 2.56. The largest absolute Gasteiger partial charge is 0.478 e. The highest BCUT2D eigenvalue weighted by atomic mass is 16.4. The molecule has 1 fully saturated rings. The molecule has 1 aromatic rings. The number of benzene rings is 1. The van der Waals surface area contributed by atoms with Gasteiger partial charge in [-0.3, -0.25) is 0 Å². The Bertz CT molecular complexity index is 484. The molecule has 2 unspecified atom stereocenters. The van der Waals surface area contributed by atoms with Gasteiger partial charge in [-0.1, -0.05) is 19.8 Å². The lowest BCUT2D eigenvalue weighted by Crippen LogP contribution is -2.43. The van der Waals surface area contributed by atoms with E-state index in [1.54, 1.807) is 12.1 Å². The number of hydrogen-bond acceptors (Lipinski definition) is 2. The molecule has 1 aliphatic carbocycles. The second-order valence-corrected chi connectivity index (χ2v) is 5.35. The number of carboxylic acids is 1. The van der Waals surface area contributed by atoms with E-state index >= 15 is 0 Å². The third kappa shape index (κ3) is 3.73. The average Bonchev–Trinajstić information content (AvgIpc) is 2.42. The normalized spacial score (nSPS) is 22.1. The molecule has 0 aromatic heterocycles. The van der Waals surface area contributed by atoms with Gasteiger partial charge in [0.05, 0.1) is 5.56 Å². The van der Waals surface area contributed by atoms with Gasteiger partial charge in [-0.2, -0.15) is 0 Å². The van der Waals surface area contributed by atoms with Crippen LogP contribution in [0.5, 0.6) is 0 Å². The Balaban J connectivity index is 1.89.